The lowest BCUT2D eigenvalue weighted by molar-refractivity contribution is 0.477. The molecular formula is C15H17NO3S. The number of nitrogens with one attached hydrogen (secondary N) is 1. The summed E-state index contributed by atoms with van der Waals surface area (Å²) in [6.45, 7) is 3.79. The quantitative estimate of drug-likeness (QED) is 0.851. The molecule has 0 heterocycles. The van der Waals surface area contributed by atoms with E-state index < -0.39 is 10.0 Å². The summed E-state index contributed by atoms with van der Waals surface area (Å²) in [4.78, 5) is 0.179. The Morgan fingerprint density at radius 2 is 1.90 bits per heavy atom. The minimum absolute atomic E-state index is 0.0848. The molecule has 2 aromatic carbocycles. The zero-order chi connectivity index (χ0) is 14.8. The van der Waals surface area contributed by atoms with Gasteiger partial charge in [0, 0.05) is 0 Å². The lowest BCUT2D eigenvalue weighted by atomic mass is 10.1. The number of benzene rings is 2. The number of rotatable bonds is 4. The van der Waals surface area contributed by atoms with Gasteiger partial charge in [-0.05, 0) is 48.7 Å². The summed E-state index contributed by atoms with van der Waals surface area (Å²) < 4.78 is 27.0. The van der Waals surface area contributed by atoms with Crippen molar-refractivity contribution in [2.24, 2.45) is 0 Å². The second-order valence-corrected chi connectivity index (χ2v) is 6.31. The Hall–Kier alpha value is -2.01. The average Bonchev–Trinajstić information content (AvgIpc) is 2.41. The van der Waals surface area contributed by atoms with Crippen LogP contribution in [0.3, 0.4) is 0 Å². The highest BCUT2D eigenvalue weighted by Gasteiger charge is 2.16. The molecule has 5 heteroatoms. The normalized spacial score (nSPS) is 11.3. The Morgan fingerprint density at radius 3 is 2.55 bits per heavy atom. The van der Waals surface area contributed by atoms with Gasteiger partial charge in [-0.25, -0.2) is 8.42 Å². The summed E-state index contributed by atoms with van der Waals surface area (Å²) in [7, 11) is -3.69. The molecule has 2 rings (SSSR count). The van der Waals surface area contributed by atoms with Crippen molar-refractivity contribution in [3.63, 3.8) is 0 Å². The summed E-state index contributed by atoms with van der Waals surface area (Å²) in [5.41, 5.74) is 2.01. The molecule has 0 unspecified atom stereocenters. The molecule has 0 saturated heterocycles. The number of hydrogen-bond acceptors (Lipinski definition) is 3. The van der Waals surface area contributed by atoms with E-state index in [0.717, 1.165) is 17.5 Å². The Labute approximate surface area is 119 Å². The highest BCUT2D eigenvalue weighted by atomic mass is 32.2. The third-order valence-electron chi connectivity index (χ3n) is 3.01. The van der Waals surface area contributed by atoms with Crippen molar-refractivity contribution < 1.29 is 13.5 Å². The average molecular weight is 291 g/mol. The van der Waals surface area contributed by atoms with Gasteiger partial charge >= 0.3 is 0 Å². The Balaban J connectivity index is 2.38. The molecule has 4 nitrogen and oxygen atoms in total. The van der Waals surface area contributed by atoms with Gasteiger partial charge in [-0.15, -0.1) is 0 Å². The molecule has 0 bridgehead atoms. The lowest BCUT2D eigenvalue weighted by Crippen LogP contribution is -2.13. The summed E-state index contributed by atoms with van der Waals surface area (Å²) in [5, 5.41) is 9.77. The van der Waals surface area contributed by atoms with E-state index in [0.29, 0.717) is 0 Å². The maximum Gasteiger partial charge on any atom is 0.262 e. The fraction of sp³-hybridized carbons (Fsp3) is 0.200. The third kappa shape index (κ3) is 3.11. The van der Waals surface area contributed by atoms with E-state index in [1.54, 1.807) is 24.3 Å². The molecule has 106 valence electrons. The first-order valence-electron chi connectivity index (χ1n) is 6.34. The highest BCUT2D eigenvalue weighted by molar-refractivity contribution is 7.92. The molecule has 20 heavy (non-hydrogen) atoms. The van der Waals surface area contributed by atoms with Crippen LogP contribution >= 0.6 is 0 Å². The molecular weight excluding hydrogens is 274 g/mol. The van der Waals surface area contributed by atoms with Crippen LogP contribution in [0.15, 0.2) is 47.4 Å². The van der Waals surface area contributed by atoms with Crippen LogP contribution in [-0.2, 0) is 16.4 Å². The van der Waals surface area contributed by atoms with Gasteiger partial charge in [0.15, 0.2) is 0 Å². The van der Waals surface area contributed by atoms with Gasteiger partial charge in [0.1, 0.15) is 5.75 Å². The van der Waals surface area contributed by atoms with E-state index in [1.807, 2.05) is 19.9 Å². The summed E-state index contributed by atoms with van der Waals surface area (Å²) >= 11 is 0. The van der Waals surface area contributed by atoms with Crippen LogP contribution in [0.1, 0.15) is 18.1 Å². The minimum atomic E-state index is -3.69. The molecule has 0 aliphatic heterocycles. The van der Waals surface area contributed by atoms with Crippen molar-refractivity contribution in [3.8, 4) is 5.75 Å². The Kier molecular flexibility index (Phi) is 3.99. The monoisotopic (exact) mass is 291 g/mol. The van der Waals surface area contributed by atoms with E-state index in [4.69, 9.17) is 0 Å². The van der Waals surface area contributed by atoms with Gasteiger partial charge in [-0.2, -0.15) is 0 Å². The number of phenols is 1. The van der Waals surface area contributed by atoms with Crippen LogP contribution in [0.2, 0.25) is 0 Å². The molecule has 0 spiro atoms. The smallest absolute Gasteiger partial charge is 0.262 e. The standard InChI is InChI=1S/C15H17NO3S/c1-3-12-7-8-15(17)14(10-12)16-20(18,19)13-6-4-5-11(2)9-13/h4-10,16-17H,3H2,1-2H3. The predicted octanol–water partition coefficient (Wildman–Crippen LogP) is 3.06. The topological polar surface area (TPSA) is 66.4 Å². The minimum Gasteiger partial charge on any atom is -0.506 e. The molecule has 0 radical (unpaired) electrons. The van der Waals surface area contributed by atoms with Gasteiger partial charge in [0.2, 0.25) is 0 Å². The first-order chi connectivity index (χ1) is 9.42. The van der Waals surface area contributed by atoms with Crippen LogP contribution < -0.4 is 4.72 Å². The maximum atomic E-state index is 12.3. The zero-order valence-electron chi connectivity index (χ0n) is 11.4. The van der Waals surface area contributed by atoms with Crippen molar-refractivity contribution in [2.45, 2.75) is 25.2 Å². The van der Waals surface area contributed by atoms with E-state index in [1.165, 1.54) is 12.1 Å². The van der Waals surface area contributed by atoms with E-state index in [2.05, 4.69) is 4.72 Å². The SMILES string of the molecule is CCc1ccc(O)c(NS(=O)(=O)c2cccc(C)c2)c1. The van der Waals surface area contributed by atoms with Gasteiger partial charge in [-0.1, -0.05) is 25.1 Å². The van der Waals surface area contributed by atoms with E-state index in [9.17, 15) is 13.5 Å². The molecule has 0 atom stereocenters. The van der Waals surface area contributed by atoms with Gasteiger partial charge < -0.3 is 5.11 Å². The fourth-order valence-corrected chi connectivity index (χ4v) is 3.04. The molecule has 2 aromatic rings. The van der Waals surface area contributed by atoms with Crippen molar-refractivity contribution in [3.05, 3.63) is 53.6 Å². The molecule has 0 fully saturated rings. The predicted molar refractivity (Wildman–Crippen MR) is 79.5 cm³/mol. The van der Waals surface area contributed by atoms with Crippen molar-refractivity contribution in [1.82, 2.24) is 0 Å². The summed E-state index contributed by atoms with van der Waals surface area (Å²) in [6, 6.07) is 11.5. The number of aromatic hydroxyl groups is 1. The molecule has 0 aliphatic carbocycles. The van der Waals surface area contributed by atoms with Gasteiger partial charge in [0.25, 0.3) is 10.0 Å². The number of anilines is 1. The van der Waals surface area contributed by atoms with Gasteiger partial charge in [-0.3, -0.25) is 4.72 Å². The molecule has 0 amide bonds. The van der Waals surface area contributed by atoms with Gasteiger partial charge in [0.05, 0.1) is 10.6 Å². The van der Waals surface area contributed by atoms with Crippen LogP contribution in [0.4, 0.5) is 5.69 Å². The fourth-order valence-electron chi connectivity index (χ4n) is 1.87. The Morgan fingerprint density at radius 1 is 1.15 bits per heavy atom. The lowest BCUT2D eigenvalue weighted by Gasteiger charge is -2.11. The van der Waals surface area contributed by atoms with Crippen molar-refractivity contribution >= 4 is 15.7 Å². The number of phenolic OH excluding ortho intramolecular Hbond substituents is 1. The summed E-state index contributed by atoms with van der Waals surface area (Å²) in [6.07, 6.45) is 0.763. The number of aryl methyl sites for hydroxylation is 2. The van der Waals surface area contributed by atoms with Crippen LogP contribution in [0, 0.1) is 6.92 Å². The second-order valence-electron chi connectivity index (χ2n) is 4.63. The largest absolute Gasteiger partial charge is 0.506 e. The number of sulfonamides is 1. The van der Waals surface area contributed by atoms with Crippen LogP contribution in [-0.4, -0.2) is 13.5 Å². The molecule has 0 aromatic heterocycles. The number of hydrogen-bond donors (Lipinski definition) is 2. The van der Waals surface area contributed by atoms with Crippen LogP contribution in [0.5, 0.6) is 5.75 Å². The molecule has 0 aliphatic rings. The van der Waals surface area contributed by atoms with Crippen molar-refractivity contribution in [2.75, 3.05) is 4.72 Å². The van der Waals surface area contributed by atoms with Crippen LogP contribution in [0.25, 0.3) is 0 Å². The third-order valence-corrected chi connectivity index (χ3v) is 4.38. The highest BCUT2D eigenvalue weighted by Crippen LogP contribution is 2.27. The first-order valence-corrected chi connectivity index (χ1v) is 7.82. The zero-order valence-corrected chi connectivity index (χ0v) is 12.2. The van der Waals surface area contributed by atoms with E-state index >= 15 is 0 Å². The van der Waals surface area contributed by atoms with E-state index in [-0.39, 0.29) is 16.3 Å². The Bertz CT molecular complexity index is 724. The first kappa shape index (κ1) is 14.4. The molecule has 2 N–H and O–H groups in total. The summed E-state index contributed by atoms with van der Waals surface area (Å²) in [5.74, 6) is -0.0848. The second kappa shape index (κ2) is 5.54. The van der Waals surface area contributed by atoms with Crippen molar-refractivity contribution in [1.29, 1.82) is 0 Å². The molecule has 0 saturated carbocycles. The maximum absolute atomic E-state index is 12.3.